The van der Waals surface area contributed by atoms with Gasteiger partial charge in [-0.1, -0.05) is 19.3 Å². The molecule has 1 amide bonds. The smallest absolute Gasteiger partial charge is 0.322 e. The number of halogens is 1. The van der Waals surface area contributed by atoms with Crippen molar-refractivity contribution in [1.82, 2.24) is 14.8 Å². The summed E-state index contributed by atoms with van der Waals surface area (Å²) in [4.78, 5) is 38.6. The van der Waals surface area contributed by atoms with Gasteiger partial charge in [0.05, 0.1) is 11.2 Å². The van der Waals surface area contributed by atoms with E-state index in [2.05, 4.69) is 15.5 Å². The number of nitrogens with zero attached hydrogens (tertiary/aromatic N) is 2. The Balaban J connectivity index is 1.79. The van der Waals surface area contributed by atoms with E-state index in [1.54, 1.807) is 6.07 Å². The average molecular weight is 445 g/mol. The first kappa shape index (κ1) is 22.3. The quantitative estimate of drug-likeness (QED) is 0.633. The number of fused-ring (bicyclic) bond motifs is 1. The number of carboxylic acid groups (broad SMARTS) is 1. The number of nitrogens with one attached hydrogen (secondary N) is 2. The van der Waals surface area contributed by atoms with E-state index in [1.807, 2.05) is 11.6 Å². The minimum atomic E-state index is -1.21. The lowest BCUT2D eigenvalue weighted by Gasteiger charge is -2.25. The summed E-state index contributed by atoms with van der Waals surface area (Å²) in [6.07, 6.45) is 7.71. The van der Waals surface area contributed by atoms with Gasteiger partial charge in [0, 0.05) is 30.2 Å². The molecule has 0 bridgehead atoms. The molecule has 1 aliphatic carbocycles. The molecule has 1 atom stereocenters. The molecule has 2 fully saturated rings. The summed E-state index contributed by atoms with van der Waals surface area (Å²) in [7, 11) is 2.00. The number of likely N-dealkylation sites (tertiary alicyclic amines) is 1. The molecule has 9 heteroatoms. The standard InChI is InChI=1S/C23H29FN4O4/c1-27-8-7-15(12-27)28-13-17(23(32)25-11-21(29)30)22(31)16-9-18(24)19(10-20(16)28)26-14-5-3-2-4-6-14/h9-10,13-15,26H,2-8,11-12H2,1H3,(H,25,32)(H,29,30). The SMILES string of the molecule is CN1CCC(n2cc(C(=O)NCC(=O)O)c(=O)c3cc(F)c(NC4CCCCC4)cc32)C1. The number of pyridine rings is 1. The van der Waals surface area contributed by atoms with Gasteiger partial charge in [-0.15, -0.1) is 0 Å². The molecule has 1 saturated carbocycles. The van der Waals surface area contributed by atoms with Crippen LogP contribution in [0.1, 0.15) is 54.9 Å². The van der Waals surface area contributed by atoms with Gasteiger partial charge in [0.1, 0.15) is 17.9 Å². The number of benzene rings is 1. The topological polar surface area (TPSA) is 104 Å². The van der Waals surface area contributed by atoms with Crippen LogP contribution in [-0.2, 0) is 4.79 Å². The molecule has 0 radical (unpaired) electrons. The third-order valence-electron chi connectivity index (χ3n) is 6.49. The molecule has 1 aliphatic heterocycles. The number of hydrogen-bond donors (Lipinski definition) is 3. The molecule has 3 N–H and O–H groups in total. The highest BCUT2D eigenvalue weighted by Crippen LogP contribution is 2.30. The van der Waals surface area contributed by atoms with Gasteiger partial charge in [0.15, 0.2) is 0 Å². The van der Waals surface area contributed by atoms with E-state index in [4.69, 9.17) is 5.11 Å². The number of aromatic nitrogens is 1. The summed E-state index contributed by atoms with van der Waals surface area (Å²) >= 11 is 0. The Morgan fingerprint density at radius 3 is 2.59 bits per heavy atom. The summed E-state index contributed by atoms with van der Waals surface area (Å²) in [5, 5.41) is 14.5. The molecular weight excluding hydrogens is 415 g/mol. The lowest BCUT2D eigenvalue weighted by Crippen LogP contribution is -2.34. The zero-order valence-corrected chi connectivity index (χ0v) is 18.2. The Bertz CT molecular complexity index is 1090. The van der Waals surface area contributed by atoms with Crippen LogP contribution >= 0.6 is 0 Å². The first-order chi connectivity index (χ1) is 15.3. The number of likely N-dealkylation sites (N-methyl/N-ethyl adjacent to an activating group) is 1. The molecule has 1 saturated heterocycles. The summed E-state index contributed by atoms with van der Waals surface area (Å²) in [6.45, 7) is 1.01. The second-order valence-electron chi connectivity index (χ2n) is 8.89. The van der Waals surface area contributed by atoms with Crippen LogP contribution in [0, 0.1) is 5.82 Å². The zero-order chi connectivity index (χ0) is 22.8. The lowest BCUT2D eigenvalue weighted by atomic mass is 9.95. The summed E-state index contributed by atoms with van der Waals surface area (Å²) < 4.78 is 16.9. The fourth-order valence-corrected chi connectivity index (χ4v) is 4.80. The Labute approximate surface area is 185 Å². The normalized spacial score (nSPS) is 19.9. The summed E-state index contributed by atoms with van der Waals surface area (Å²) in [6, 6.07) is 3.10. The number of anilines is 1. The molecule has 1 aromatic carbocycles. The van der Waals surface area contributed by atoms with Gasteiger partial charge in [-0.3, -0.25) is 14.4 Å². The van der Waals surface area contributed by atoms with Crippen molar-refractivity contribution in [3.8, 4) is 0 Å². The van der Waals surface area contributed by atoms with Crippen molar-refractivity contribution in [2.24, 2.45) is 0 Å². The van der Waals surface area contributed by atoms with Crippen LogP contribution in [0.5, 0.6) is 0 Å². The van der Waals surface area contributed by atoms with Gasteiger partial charge in [0.2, 0.25) is 5.43 Å². The second-order valence-corrected chi connectivity index (χ2v) is 8.89. The van der Waals surface area contributed by atoms with E-state index in [1.165, 1.54) is 18.7 Å². The van der Waals surface area contributed by atoms with E-state index < -0.39 is 29.7 Å². The predicted octanol–water partition coefficient (Wildman–Crippen LogP) is 2.58. The average Bonchev–Trinajstić information content (AvgIpc) is 3.20. The first-order valence-corrected chi connectivity index (χ1v) is 11.2. The van der Waals surface area contributed by atoms with E-state index in [0.717, 1.165) is 45.2 Å². The number of amides is 1. The highest BCUT2D eigenvalue weighted by atomic mass is 19.1. The molecule has 172 valence electrons. The molecule has 32 heavy (non-hydrogen) atoms. The van der Waals surface area contributed by atoms with Crippen LogP contribution in [0.25, 0.3) is 10.9 Å². The Hall–Kier alpha value is -2.94. The van der Waals surface area contributed by atoms with Crippen LogP contribution in [-0.4, -0.2) is 59.2 Å². The van der Waals surface area contributed by atoms with Gasteiger partial charge in [0.25, 0.3) is 5.91 Å². The third kappa shape index (κ3) is 4.62. The molecular formula is C23H29FN4O4. The second kappa shape index (κ2) is 9.28. The molecule has 1 aromatic heterocycles. The van der Waals surface area contributed by atoms with Crippen molar-refractivity contribution >= 4 is 28.5 Å². The fraction of sp³-hybridized carbons (Fsp3) is 0.522. The largest absolute Gasteiger partial charge is 0.480 e. The van der Waals surface area contributed by atoms with Crippen LogP contribution < -0.4 is 16.1 Å². The molecule has 4 rings (SSSR count). The Kier molecular flexibility index (Phi) is 6.45. The third-order valence-corrected chi connectivity index (χ3v) is 6.49. The molecule has 2 aromatic rings. The van der Waals surface area contributed by atoms with Crippen LogP contribution in [0.2, 0.25) is 0 Å². The van der Waals surface area contributed by atoms with Crippen molar-refractivity contribution in [1.29, 1.82) is 0 Å². The van der Waals surface area contributed by atoms with Gasteiger partial charge < -0.3 is 25.2 Å². The Morgan fingerprint density at radius 1 is 1.19 bits per heavy atom. The van der Waals surface area contributed by atoms with Gasteiger partial charge in [-0.25, -0.2) is 4.39 Å². The van der Waals surface area contributed by atoms with Gasteiger partial charge in [-0.05, 0) is 45.0 Å². The van der Waals surface area contributed by atoms with E-state index in [9.17, 15) is 14.4 Å². The van der Waals surface area contributed by atoms with Gasteiger partial charge in [-0.2, -0.15) is 0 Å². The molecule has 8 nitrogen and oxygen atoms in total. The van der Waals surface area contributed by atoms with Crippen molar-refractivity contribution in [3.63, 3.8) is 0 Å². The highest BCUT2D eigenvalue weighted by Gasteiger charge is 2.26. The monoisotopic (exact) mass is 444 g/mol. The van der Waals surface area contributed by atoms with E-state index in [0.29, 0.717) is 11.2 Å². The van der Waals surface area contributed by atoms with Crippen molar-refractivity contribution in [3.05, 3.63) is 39.9 Å². The highest BCUT2D eigenvalue weighted by molar-refractivity contribution is 5.99. The van der Waals surface area contributed by atoms with Gasteiger partial charge >= 0.3 is 5.97 Å². The summed E-state index contributed by atoms with van der Waals surface area (Å²) in [5.74, 6) is -2.51. The maximum absolute atomic E-state index is 15.0. The number of aliphatic carboxylic acids is 1. The zero-order valence-electron chi connectivity index (χ0n) is 18.2. The number of carbonyl (C=O) groups excluding carboxylic acids is 1. The van der Waals surface area contributed by atoms with Crippen LogP contribution in [0.15, 0.2) is 23.1 Å². The Morgan fingerprint density at radius 2 is 1.94 bits per heavy atom. The fourth-order valence-electron chi connectivity index (χ4n) is 4.80. The van der Waals surface area contributed by atoms with Crippen molar-refractivity contribution in [2.75, 3.05) is 32.0 Å². The predicted molar refractivity (Wildman–Crippen MR) is 120 cm³/mol. The lowest BCUT2D eigenvalue weighted by molar-refractivity contribution is -0.135. The maximum Gasteiger partial charge on any atom is 0.322 e. The number of carbonyl (C=O) groups is 2. The van der Waals surface area contributed by atoms with Crippen molar-refractivity contribution < 1.29 is 19.1 Å². The number of hydrogen-bond acceptors (Lipinski definition) is 5. The minimum absolute atomic E-state index is 0.0158. The van der Waals surface area contributed by atoms with Crippen LogP contribution in [0.3, 0.4) is 0 Å². The number of carboxylic acids is 1. The van der Waals surface area contributed by atoms with E-state index >= 15 is 4.39 Å². The number of rotatable bonds is 6. The first-order valence-electron chi connectivity index (χ1n) is 11.2. The maximum atomic E-state index is 15.0. The molecule has 0 spiro atoms. The molecule has 2 aliphatic rings. The van der Waals surface area contributed by atoms with Crippen LogP contribution in [0.4, 0.5) is 10.1 Å². The minimum Gasteiger partial charge on any atom is -0.480 e. The molecule has 1 unspecified atom stereocenters. The van der Waals surface area contributed by atoms with Crippen molar-refractivity contribution in [2.45, 2.75) is 50.6 Å². The molecule has 2 heterocycles. The van der Waals surface area contributed by atoms with E-state index in [-0.39, 0.29) is 23.0 Å². The summed E-state index contributed by atoms with van der Waals surface area (Å²) in [5.41, 5.74) is 0.158.